The number of phosphoric ester groups is 1. The van der Waals surface area contributed by atoms with E-state index < -0.39 is 26.6 Å². The predicted molar refractivity (Wildman–Crippen MR) is 311 cm³/mol. The third-order valence-electron chi connectivity index (χ3n) is 14.0. The fourth-order valence-corrected chi connectivity index (χ4v) is 9.85. The lowest BCUT2D eigenvalue weighted by Gasteiger charge is -2.29. The zero-order chi connectivity index (χ0) is 52.7. The fraction of sp³-hybridized carbons (Fsp3) is 0.857. The molecule has 0 bridgehead atoms. The largest absolute Gasteiger partial charge is 0.756 e. The molecular weight excluding hydrogens is 912 g/mol. The van der Waals surface area contributed by atoms with Gasteiger partial charge in [-0.1, -0.05) is 268 Å². The predicted octanol–water partition coefficient (Wildman–Crippen LogP) is 18.5. The molecule has 0 aliphatic rings. The second-order valence-electron chi connectivity index (χ2n) is 22.4. The Morgan fingerprint density at radius 3 is 1.12 bits per heavy atom. The molecule has 3 atom stereocenters. The quantitative estimate of drug-likeness (QED) is 0.0272. The molecule has 0 radical (unpaired) electrons. The van der Waals surface area contributed by atoms with Crippen LogP contribution in [0.15, 0.2) is 48.6 Å². The van der Waals surface area contributed by atoms with Gasteiger partial charge < -0.3 is 28.8 Å². The first-order chi connectivity index (χ1) is 35.0. The van der Waals surface area contributed by atoms with Gasteiger partial charge in [0.2, 0.25) is 5.91 Å². The van der Waals surface area contributed by atoms with E-state index in [1.54, 1.807) is 6.08 Å². The van der Waals surface area contributed by atoms with Crippen molar-refractivity contribution < 1.29 is 32.9 Å². The van der Waals surface area contributed by atoms with Crippen molar-refractivity contribution in [3.63, 3.8) is 0 Å². The number of carbonyl (C=O) groups excluding carboxylic acids is 1. The molecule has 0 saturated carbocycles. The number of nitrogens with one attached hydrogen (secondary N) is 1. The van der Waals surface area contributed by atoms with Gasteiger partial charge in [-0.2, -0.15) is 0 Å². The molecule has 0 aliphatic heterocycles. The first kappa shape index (κ1) is 70.5. The Morgan fingerprint density at radius 1 is 0.472 bits per heavy atom. The van der Waals surface area contributed by atoms with E-state index in [0.717, 1.165) is 44.9 Å². The topological polar surface area (TPSA) is 108 Å². The van der Waals surface area contributed by atoms with E-state index in [2.05, 4.69) is 55.6 Å². The number of likely N-dealkylation sites (N-methyl/N-ethyl adjacent to an activating group) is 1. The van der Waals surface area contributed by atoms with Gasteiger partial charge in [0.1, 0.15) is 13.2 Å². The summed E-state index contributed by atoms with van der Waals surface area (Å²) < 4.78 is 23.4. The Hall–Kier alpha value is -1.54. The van der Waals surface area contributed by atoms with E-state index in [4.69, 9.17) is 9.05 Å². The number of hydrogen-bond acceptors (Lipinski definition) is 6. The molecule has 72 heavy (non-hydrogen) atoms. The second-order valence-corrected chi connectivity index (χ2v) is 23.8. The molecule has 0 aromatic carbocycles. The number of amides is 1. The number of quaternary nitrogens is 1. The normalized spacial score (nSPS) is 14.2. The highest BCUT2D eigenvalue weighted by Gasteiger charge is 2.23. The molecule has 424 valence electrons. The van der Waals surface area contributed by atoms with Gasteiger partial charge in [0.25, 0.3) is 7.82 Å². The zero-order valence-corrected chi connectivity index (χ0v) is 49.3. The van der Waals surface area contributed by atoms with Crippen molar-refractivity contribution in [2.45, 2.75) is 309 Å². The summed E-state index contributed by atoms with van der Waals surface area (Å²) in [6.07, 6.45) is 72.1. The lowest BCUT2D eigenvalue weighted by Crippen LogP contribution is -2.45. The highest BCUT2D eigenvalue weighted by Crippen LogP contribution is 2.38. The SMILES string of the molecule is CCCCCCCCCC/C=C\CCCCCCCCCCCCCCCC(=O)NC(COP(=O)([O-])OCC[N+](C)(C)C)C(O)/C=C/CC/C=C/CC/C=C/CCCCCCCCCCCCCCCCC. The van der Waals surface area contributed by atoms with E-state index >= 15 is 0 Å². The van der Waals surface area contributed by atoms with Crippen LogP contribution < -0.4 is 10.2 Å². The third kappa shape index (κ3) is 56.2. The minimum absolute atomic E-state index is 0.00889. The lowest BCUT2D eigenvalue weighted by atomic mass is 10.0. The smallest absolute Gasteiger partial charge is 0.268 e. The molecule has 0 fully saturated rings. The van der Waals surface area contributed by atoms with Crippen LogP contribution in [0.2, 0.25) is 0 Å². The van der Waals surface area contributed by atoms with Gasteiger partial charge >= 0.3 is 0 Å². The Morgan fingerprint density at radius 2 is 0.778 bits per heavy atom. The summed E-state index contributed by atoms with van der Waals surface area (Å²) in [5.74, 6) is -0.208. The van der Waals surface area contributed by atoms with E-state index in [0.29, 0.717) is 17.4 Å². The second kappa shape index (κ2) is 54.3. The van der Waals surface area contributed by atoms with Gasteiger partial charge in [-0.25, -0.2) is 0 Å². The van der Waals surface area contributed by atoms with Crippen molar-refractivity contribution in [2.75, 3.05) is 40.9 Å². The van der Waals surface area contributed by atoms with Crippen molar-refractivity contribution in [2.24, 2.45) is 0 Å². The van der Waals surface area contributed by atoms with Crippen molar-refractivity contribution in [3.05, 3.63) is 48.6 Å². The number of rotatable bonds is 57. The Kier molecular flexibility index (Phi) is 53.1. The molecular formula is C63H121N2O6P. The molecule has 2 N–H and O–H groups in total. The van der Waals surface area contributed by atoms with E-state index in [1.807, 2.05) is 27.2 Å². The molecule has 0 saturated heterocycles. The Labute approximate surface area is 448 Å². The summed E-state index contributed by atoms with van der Waals surface area (Å²) >= 11 is 0. The van der Waals surface area contributed by atoms with Gasteiger partial charge in [0.15, 0.2) is 0 Å². The number of aliphatic hydroxyl groups is 1. The number of phosphoric acid groups is 1. The number of unbranched alkanes of at least 4 members (excludes halogenated alkanes) is 38. The summed E-state index contributed by atoms with van der Waals surface area (Å²) in [5, 5.41) is 13.9. The zero-order valence-electron chi connectivity index (χ0n) is 48.4. The summed E-state index contributed by atoms with van der Waals surface area (Å²) in [5.41, 5.74) is 0. The van der Waals surface area contributed by atoms with E-state index in [9.17, 15) is 19.4 Å². The molecule has 9 heteroatoms. The summed E-state index contributed by atoms with van der Waals surface area (Å²) in [6.45, 7) is 4.66. The standard InChI is InChI=1S/C63H121N2O6P/c1-6-8-10-12-14-16-18-20-22-24-26-28-30-32-34-36-38-40-42-44-46-48-50-52-54-56-62(66)61(60-71-72(68,69)70-59-58-65(3,4)5)64-63(67)57-55-53-51-49-47-45-43-41-39-37-35-33-31-29-27-25-23-21-19-17-15-13-11-9-7-2/h25,27,38,40,46,48,54,56,61-62,66H,6-24,26,28-37,39,41-45,47,49-53,55,57-60H2,1-5H3,(H-,64,67,68,69)/b27-25-,40-38+,48-46+,56-54+. The van der Waals surface area contributed by atoms with Gasteiger partial charge in [-0.15, -0.1) is 0 Å². The van der Waals surface area contributed by atoms with Crippen LogP contribution in [0.25, 0.3) is 0 Å². The van der Waals surface area contributed by atoms with Crippen LogP contribution in [0.1, 0.15) is 296 Å². The minimum Gasteiger partial charge on any atom is -0.756 e. The van der Waals surface area contributed by atoms with Crippen molar-refractivity contribution >= 4 is 13.7 Å². The first-order valence-electron chi connectivity index (χ1n) is 31.0. The summed E-state index contributed by atoms with van der Waals surface area (Å²) in [7, 11) is 1.24. The molecule has 1 amide bonds. The highest BCUT2D eigenvalue weighted by atomic mass is 31.2. The maximum absolute atomic E-state index is 13.0. The highest BCUT2D eigenvalue weighted by molar-refractivity contribution is 7.45. The Bertz CT molecular complexity index is 1310. The van der Waals surface area contributed by atoms with Crippen LogP contribution in [0, 0.1) is 0 Å². The van der Waals surface area contributed by atoms with Crippen LogP contribution in [0.4, 0.5) is 0 Å². The average molecular weight is 1030 g/mol. The van der Waals surface area contributed by atoms with Gasteiger partial charge in [-0.05, 0) is 70.6 Å². The maximum atomic E-state index is 13.0. The van der Waals surface area contributed by atoms with Crippen molar-refractivity contribution in [3.8, 4) is 0 Å². The summed E-state index contributed by atoms with van der Waals surface area (Å²) in [6, 6.07) is -0.911. The van der Waals surface area contributed by atoms with Crippen LogP contribution >= 0.6 is 7.82 Å². The van der Waals surface area contributed by atoms with Crippen molar-refractivity contribution in [1.82, 2.24) is 5.32 Å². The van der Waals surface area contributed by atoms with Crippen LogP contribution in [-0.4, -0.2) is 68.5 Å². The Balaban J connectivity index is 4.22. The van der Waals surface area contributed by atoms with E-state index in [-0.39, 0.29) is 12.5 Å². The number of allylic oxidation sites excluding steroid dienone is 7. The number of hydrogen-bond donors (Lipinski definition) is 2. The van der Waals surface area contributed by atoms with Gasteiger partial charge in [-0.3, -0.25) is 9.36 Å². The molecule has 3 unspecified atom stereocenters. The minimum atomic E-state index is -4.61. The van der Waals surface area contributed by atoms with Crippen LogP contribution in [0.5, 0.6) is 0 Å². The molecule has 8 nitrogen and oxygen atoms in total. The van der Waals surface area contributed by atoms with Crippen LogP contribution in [0.3, 0.4) is 0 Å². The third-order valence-corrected chi connectivity index (χ3v) is 15.0. The van der Waals surface area contributed by atoms with Crippen LogP contribution in [-0.2, 0) is 18.4 Å². The summed E-state index contributed by atoms with van der Waals surface area (Å²) in [4.78, 5) is 25.5. The average Bonchev–Trinajstić information content (AvgIpc) is 3.34. The first-order valence-corrected chi connectivity index (χ1v) is 32.5. The van der Waals surface area contributed by atoms with Gasteiger partial charge in [0, 0.05) is 6.42 Å². The lowest BCUT2D eigenvalue weighted by molar-refractivity contribution is -0.870. The van der Waals surface area contributed by atoms with Crippen molar-refractivity contribution in [1.29, 1.82) is 0 Å². The molecule has 0 aromatic rings. The number of nitrogens with zero attached hydrogens (tertiary/aromatic N) is 1. The molecule has 0 aliphatic carbocycles. The number of carbonyl (C=O) groups is 1. The molecule has 0 rings (SSSR count). The molecule has 0 aromatic heterocycles. The van der Waals surface area contributed by atoms with Gasteiger partial charge in [0.05, 0.1) is 39.9 Å². The fourth-order valence-electron chi connectivity index (χ4n) is 9.12. The molecule has 0 heterocycles. The molecule has 0 spiro atoms. The number of aliphatic hydroxyl groups excluding tert-OH is 1. The monoisotopic (exact) mass is 1030 g/mol. The van der Waals surface area contributed by atoms with E-state index in [1.165, 1.54) is 231 Å². The maximum Gasteiger partial charge on any atom is 0.268 e.